The van der Waals surface area contributed by atoms with Crippen LogP contribution in [-0.2, 0) is 9.59 Å². The molecule has 8 heteroatoms. The second-order valence-electron chi connectivity index (χ2n) is 7.93. The van der Waals surface area contributed by atoms with Gasteiger partial charge in [-0.1, -0.05) is 0 Å². The zero-order valence-electron chi connectivity index (χ0n) is 18.1. The van der Waals surface area contributed by atoms with E-state index in [0.29, 0.717) is 16.2 Å². The number of halogens is 2. The van der Waals surface area contributed by atoms with Gasteiger partial charge >= 0.3 is 0 Å². The van der Waals surface area contributed by atoms with E-state index < -0.39 is 29.4 Å². The molecule has 0 aliphatic carbocycles. The van der Waals surface area contributed by atoms with E-state index >= 15 is 0 Å². The van der Waals surface area contributed by atoms with Crippen LogP contribution in [0, 0.1) is 18.6 Å². The number of ether oxygens (including phenoxy) is 1. The molecule has 1 N–H and O–H groups in total. The predicted octanol–water partition coefficient (Wildman–Crippen LogP) is 5.75. The van der Waals surface area contributed by atoms with Gasteiger partial charge in [-0.25, -0.2) is 8.78 Å². The minimum atomic E-state index is -1.14. The molecule has 1 aromatic heterocycles. The number of thiophene rings is 1. The number of carbonyl (C=O) groups excluding carboxylic acids is 2. The summed E-state index contributed by atoms with van der Waals surface area (Å²) in [6.07, 6.45) is -0.0346. The van der Waals surface area contributed by atoms with Crippen molar-refractivity contribution in [2.24, 2.45) is 0 Å². The number of aliphatic hydroxyl groups is 1. The van der Waals surface area contributed by atoms with E-state index in [2.05, 4.69) is 0 Å². The Kier molecular flexibility index (Phi) is 6.03. The molecule has 1 saturated heterocycles. The van der Waals surface area contributed by atoms with E-state index in [1.807, 2.05) is 26.8 Å². The highest BCUT2D eigenvalue weighted by atomic mass is 32.1. The number of aryl methyl sites for hydroxylation is 1. The van der Waals surface area contributed by atoms with Crippen molar-refractivity contribution in [3.8, 4) is 5.75 Å². The van der Waals surface area contributed by atoms with Gasteiger partial charge in [-0.3, -0.25) is 14.5 Å². The molecular weight excluding hydrogens is 448 g/mol. The van der Waals surface area contributed by atoms with Crippen LogP contribution in [0.4, 0.5) is 14.5 Å². The second kappa shape index (κ2) is 8.78. The summed E-state index contributed by atoms with van der Waals surface area (Å²) >= 11 is 1.30. The summed E-state index contributed by atoms with van der Waals surface area (Å²) in [6.45, 7) is 5.59. The van der Waals surface area contributed by atoms with Crippen LogP contribution in [0.25, 0.3) is 5.76 Å². The minimum Gasteiger partial charge on any atom is -0.507 e. The van der Waals surface area contributed by atoms with E-state index in [1.165, 1.54) is 17.4 Å². The molecule has 5 nitrogen and oxygen atoms in total. The average molecular weight is 470 g/mol. The van der Waals surface area contributed by atoms with Gasteiger partial charge in [0.2, 0.25) is 0 Å². The van der Waals surface area contributed by atoms with Crippen molar-refractivity contribution in [1.29, 1.82) is 0 Å². The Bertz CT molecular complexity index is 1260. The molecule has 2 heterocycles. The van der Waals surface area contributed by atoms with Crippen molar-refractivity contribution in [1.82, 2.24) is 0 Å². The van der Waals surface area contributed by atoms with Crippen LogP contribution in [-0.4, -0.2) is 22.9 Å². The molecule has 3 aromatic rings. The lowest BCUT2D eigenvalue weighted by molar-refractivity contribution is -0.132. The number of anilines is 1. The van der Waals surface area contributed by atoms with Crippen molar-refractivity contribution < 1.29 is 28.2 Å². The van der Waals surface area contributed by atoms with Gasteiger partial charge < -0.3 is 9.84 Å². The van der Waals surface area contributed by atoms with Gasteiger partial charge in [-0.05, 0) is 74.2 Å². The molecule has 33 heavy (non-hydrogen) atoms. The number of hydrogen-bond donors (Lipinski definition) is 1. The van der Waals surface area contributed by atoms with E-state index in [4.69, 9.17) is 4.74 Å². The highest BCUT2D eigenvalue weighted by Crippen LogP contribution is 2.45. The fourth-order valence-corrected chi connectivity index (χ4v) is 4.79. The number of amides is 1. The Morgan fingerprint density at radius 1 is 1.06 bits per heavy atom. The van der Waals surface area contributed by atoms with Gasteiger partial charge in [0.15, 0.2) is 11.6 Å². The number of nitrogens with zero attached hydrogens (tertiary/aromatic N) is 1. The highest BCUT2D eigenvalue weighted by molar-refractivity contribution is 7.10. The van der Waals surface area contributed by atoms with Crippen molar-refractivity contribution in [3.05, 3.63) is 87.1 Å². The van der Waals surface area contributed by atoms with Crippen molar-refractivity contribution in [3.63, 3.8) is 0 Å². The van der Waals surface area contributed by atoms with Crippen LogP contribution in [0.5, 0.6) is 5.75 Å². The molecule has 0 spiro atoms. The number of benzene rings is 2. The molecular formula is C25H21F2NO4S. The van der Waals surface area contributed by atoms with Gasteiger partial charge in [0.25, 0.3) is 11.7 Å². The van der Waals surface area contributed by atoms with Crippen LogP contribution in [0.2, 0.25) is 0 Å². The van der Waals surface area contributed by atoms with E-state index in [0.717, 1.165) is 22.6 Å². The van der Waals surface area contributed by atoms with Crippen molar-refractivity contribution in [2.75, 3.05) is 4.90 Å². The van der Waals surface area contributed by atoms with Gasteiger partial charge in [0.05, 0.1) is 11.7 Å². The maximum atomic E-state index is 14.0. The number of ketones is 1. The van der Waals surface area contributed by atoms with Crippen LogP contribution in [0.3, 0.4) is 0 Å². The van der Waals surface area contributed by atoms with E-state index in [1.54, 1.807) is 29.6 Å². The number of aliphatic hydroxyl groups excluding tert-OH is 1. The van der Waals surface area contributed by atoms with Crippen molar-refractivity contribution >= 4 is 34.5 Å². The van der Waals surface area contributed by atoms with Crippen LogP contribution in [0.15, 0.2) is 59.5 Å². The smallest absolute Gasteiger partial charge is 0.300 e. The lowest BCUT2D eigenvalue weighted by atomic mass is 9.98. The lowest BCUT2D eigenvalue weighted by Gasteiger charge is -2.25. The first-order valence-electron chi connectivity index (χ1n) is 10.3. The summed E-state index contributed by atoms with van der Waals surface area (Å²) in [4.78, 5) is 27.9. The number of rotatable bonds is 5. The summed E-state index contributed by atoms with van der Waals surface area (Å²) in [6, 6.07) is 10.3. The first-order valence-corrected chi connectivity index (χ1v) is 11.1. The summed E-state index contributed by atoms with van der Waals surface area (Å²) in [5.74, 6) is -3.81. The Hall–Kier alpha value is -3.52. The quantitative estimate of drug-likeness (QED) is 0.294. The fraction of sp³-hybridized carbons (Fsp3) is 0.200. The van der Waals surface area contributed by atoms with Crippen LogP contribution >= 0.6 is 11.3 Å². The molecule has 1 unspecified atom stereocenters. The number of carbonyl (C=O) groups is 2. The molecule has 1 amide bonds. The molecule has 4 rings (SSSR count). The van der Waals surface area contributed by atoms with Crippen molar-refractivity contribution in [2.45, 2.75) is 32.9 Å². The third kappa shape index (κ3) is 4.14. The number of Topliss-reactive ketones (excluding diaryl/α,β-unsaturated/α-hetero) is 1. The van der Waals surface area contributed by atoms with E-state index in [9.17, 15) is 23.5 Å². The first kappa shape index (κ1) is 22.7. The minimum absolute atomic E-state index is 0.0218. The molecule has 1 fully saturated rings. The van der Waals surface area contributed by atoms with Gasteiger partial charge in [0.1, 0.15) is 17.6 Å². The van der Waals surface area contributed by atoms with Crippen LogP contribution < -0.4 is 9.64 Å². The maximum Gasteiger partial charge on any atom is 0.300 e. The standard InChI is InChI=1S/C25H21F2NO4S/c1-13(2)32-17-7-4-15(5-8-17)22(29)20-21(24-14(3)10-11-33-24)28(25(31)23(20)30)16-6-9-18(26)19(27)12-16/h4-13,21,29H,1-3H3/b22-20-. The fourth-order valence-electron chi connectivity index (χ4n) is 3.77. The summed E-state index contributed by atoms with van der Waals surface area (Å²) in [5, 5.41) is 12.9. The lowest BCUT2D eigenvalue weighted by Crippen LogP contribution is -2.29. The van der Waals surface area contributed by atoms with E-state index in [-0.39, 0.29) is 23.1 Å². The third-order valence-corrected chi connectivity index (χ3v) is 6.35. The topological polar surface area (TPSA) is 66.8 Å². The molecule has 0 saturated carbocycles. The van der Waals surface area contributed by atoms with Gasteiger partial charge in [-0.15, -0.1) is 11.3 Å². The Balaban J connectivity index is 1.87. The normalized spacial score (nSPS) is 17.8. The SMILES string of the molecule is Cc1ccsc1C1/C(=C(/O)c2ccc(OC(C)C)cc2)C(=O)C(=O)N1c1ccc(F)c(F)c1. The average Bonchev–Trinajstić information content (AvgIpc) is 3.30. The molecule has 0 radical (unpaired) electrons. The van der Waals surface area contributed by atoms with Crippen LogP contribution in [0.1, 0.15) is 35.9 Å². The van der Waals surface area contributed by atoms with Gasteiger partial charge in [-0.2, -0.15) is 0 Å². The zero-order valence-corrected chi connectivity index (χ0v) is 19.0. The Morgan fingerprint density at radius 3 is 2.33 bits per heavy atom. The monoisotopic (exact) mass is 469 g/mol. The summed E-state index contributed by atoms with van der Waals surface area (Å²) in [5.41, 5.74) is 1.03. The second-order valence-corrected chi connectivity index (χ2v) is 8.87. The highest BCUT2D eigenvalue weighted by Gasteiger charge is 2.48. The zero-order chi connectivity index (χ0) is 23.9. The molecule has 1 aliphatic rings. The molecule has 2 aromatic carbocycles. The van der Waals surface area contributed by atoms with Gasteiger partial charge in [0, 0.05) is 22.2 Å². The third-order valence-electron chi connectivity index (χ3n) is 5.28. The molecule has 170 valence electrons. The molecule has 0 bridgehead atoms. The largest absolute Gasteiger partial charge is 0.507 e. The Labute approximate surface area is 193 Å². The maximum absolute atomic E-state index is 14.0. The predicted molar refractivity (Wildman–Crippen MR) is 122 cm³/mol. The molecule has 1 atom stereocenters. The Morgan fingerprint density at radius 2 is 1.76 bits per heavy atom. The number of hydrogen-bond acceptors (Lipinski definition) is 5. The summed E-state index contributed by atoms with van der Waals surface area (Å²) < 4.78 is 33.1. The molecule has 1 aliphatic heterocycles. The summed E-state index contributed by atoms with van der Waals surface area (Å²) in [7, 11) is 0. The first-order chi connectivity index (χ1) is 15.7.